The summed E-state index contributed by atoms with van der Waals surface area (Å²) >= 11 is 0. The molecule has 1 unspecified atom stereocenters. The van der Waals surface area contributed by atoms with Crippen molar-refractivity contribution in [2.75, 3.05) is 38.1 Å². The smallest absolute Gasteiger partial charge is 0.410 e. The molecule has 1 amide bonds. The van der Waals surface area contributed by atoms with E-state index in [1.807, 2.05) is 52.0 Å². The largest absolute Gasteiger partial charge is 0.444 e. The van der Waals surface area contributed by atoms with Crippen LogP contribution in [0.15, 0.2) is 24.3 Å². The van der Waals surface area contributed by atoms with Crippen molar-refractivity contribution in [2.45, 2.75) is 45.8 Å². The number of ketones is 1. The first-order chi connectivity index (χ1) is 12.2. The van der Waals surface area contributed by atoms with E-state index in [0.29, 0.717) is 18.7 Å². The van der Waals surface area contributed by atoms with Crippen molar-refractivity contribution in [1.82, 2.24) is 10.2 Å². The SMILES string of the molecule is CNC(C)C(=O)c1ccc(N2CCCN(C(=O)OC(C)(C)C)CC2)cc1. The zero-order valence-electron chi connectivity index (χ0n) is 16.5. The van der Waals surface area contributed by atoms with Gasteiger partial charge in [0.1, 0.15) is 5.60 Å². The molecule has 1 aromatic carbocycles. The molecule has 2 rings (SSSR count). The molecule has 1 atom stereocenters. The van der Waals surface area contributed by atoms with E-state index in [9.17, 15) is 9.59 Å². The minimum Gasteiger partial charge on any atom is -0.444 e. The number of anilines is 1. The molecule has 6 heteroatoms. The second kappa shape index (κ2) is 8.54. The monoisotopic (exact) mass is 361 g/mol. The topological polar surface area (TPSA) is 61.9 Å². The summed E-state index contributed by atoms with van der Waals surface area (Å²) in [5.41, 5.74) is 1.31. The summed E-state index contributed by atoms with van der Waals surface area (Å²) < 4.78 is 5.47. The molecule has 0 aromatic heterocycles. The van der Waals surface area contributed by atoms with Gasteiger partial charge in [0.15, 0.2) is 5.78 Å². The van der Waals surface area contributed by atoms with Crippen LogP contribution in [-0.4, -0.2) is 61.6 Å². The lowest BCUT2D eigenvalue weighted by atomic mass is 10.0. The fraction of sp³-hybridized carbons (Fsp3) is 0.600. The van der Waals surface area contributed by atoms with Crippen LogP contribution >= 0.6 is 0 Å². The average Bonchev–Trinajstić information content (AvgIpc) is 2.85. The number of benzene rings is 1. The number of hydrogen-bond acceptors (Lipinski definition) is 5. The van der Waals surface area contributed by atoms with Gasteiger partial charge in [-0.05, 0) is 65.4 Å². The zero-order chi connectivity index (χ0) is 19.3. The van der Waals surface area contributed by atoms with Crippen LogP contribution < -0.4 is 10.2 Å². The van der Waals surface area contributed by atoms with Crippen LogP contribution in [-0.2, 0) is 4.74 Å². The Labute approximate surface area is 156 Å². The molecular formula is C20H31N3O3. The maximum absolute atomic E-state index is 12.3. The molecular weight excluding hydrogens is 330 g/mol. The van der Waals surface area contributed by atoms with Gasteiger partial charge >= 0.3 is 6.09 Å². The highest BCUT2D eigenvalue weighted by atomic mass is 16.6. The number of likely N-dealkylation sites (N-methyl/N-ethyl adjacent to an activating group) is 1. The van der Waals surface area contributed by atoms with E-state index in [-0.39, 0.29) is 17.9 Å². The van der Waals surface area contributed by atoms with Crippen LogP contribution in [0.4, 0.5) is 10.5 Å². The Balaban J connectivity index is 1.98. The summed E-state index contributed by atoms with van der Waals surface area (Å²) in [5.74, 6) is 0.0889. The highest BCUT2D eigenvalue weighted by molar-refractivity contribution is 6.00. The molecule has 0 aliphatic carbocycles. The van der Waals surface area contributed by atoms with Crippen molar-refractivity contribution < 1.29 is 14.3 Å². The Bertz CT molecular complexity index is 622. The van der Waals surface area contributed by atoms with Crippen LogP contribution in [0.5, 0.6) is 0 Å². The Morgan fingerprint density at radius 3 is 2.31 bits per heavy atom. The summed E-state index contributed by atoms with van der Waals surface area (Å²) in [4.78, 5) is 28.5. The number of carbonyl (C=O) groups is 2. The number of carbonyl (C=O) groups excluding carboxylic acids is 2. The van der Waals surface area contributed by atoms with Crippen LogP contribution in [0.25, 0.3) is 0 Å². The number of rotatable bonds is 4. The quantitative estimate of drug-likeness (QED) is 0.836. The highest BCUT2D eigenvalue weighted by Crippen LogP contribution is 2.19. The number of amides is 1. The molecule has 1 aliphatic rings. The number of ether oxygens (including phenoxy) is 1. The van der Waals surface area contributed by atoms with Gasteiger partial charge in [-0.25, -0.2) is 4.79 Å². The Hall–Kier alpha value is -2.08. The van der Waals surface area contributed by atoms with Crippen LogP contribution in [0.1, 0.15) is 44.5 Å². The Kier molecular flexibility index (Phi) is 6.64. The first kappa shape index (κ1) is 20.2. The Morgan fingerprint density at radius 2 is 1.73 bits per heavy atom. The van der Waals surface area contributed by atoms with Gasteiger partial charge in [0.25, 0.3) is 0 Å². The maximum Gasteiger partial charge on any atom is 0.410 e. The number of nitrogens with zero attached hydrogens (tertiary/aromatic N) is 2. The van der Waals surface area contributed by atoms with Crippen LogP contribution in [0, 0.1) is 0 Å². The fourth-order valence-corrected chi connectivity index (χ4v) is 2.90. The van der Waals surface area contributed by atoms with Crippen molar-refractivity contribution >= 4 is 17.6 Å². The first-order valence-electron chi connectivity index (χ1n) is 9.25. The van der Waals surface area contributed by atoms with Gasteiger partial charge in [-0.3, -0.25) is 4.79 Å². The summed E-state index contributed by atoms with van der Waals surface area (Å²) in [5, 5.41) is 2.97. The van der Waals surface area contributed by atoms with Gasteiger partial charge in [0.2, 0.25) is 0 Å². The minimum absolute atomic E-state index is 0.0889. The predicted octanol–water partition coefficient (Wildman–Crippen LogP) is 2.92. The van der Waals surface area contributed by atoms with E-state index in [4.69, 9.17) is 4.74 Å². The van der Waals surface area contributed by atoms with E-state index in [1.165, 1.54) is 0 Å². The third-order valence-electron chi connectivity index (χ3n) is 4.49. The van der Waals surface area contributed by atoms with Crippen molar-refractivity contribution in [2.24, 2.45) is 0 Å². The molecule has 6 nitrogen and oxygen atoms in total. The van der Waals surface area contributed by atoms with Crippen molar-refractivity contribution in [3.63, 3.8) is 0 Å². The molecule has 0 radical (unpaired) electrons. The van der Waals surface area contributed by atoms with E-state index in [1.54, 1.807) is 11.9 Å². The van der Waals surface area contributed by atoms with E-state index < -0.39 is 5.60 Å². The van der Waals surface area contributed by atoms with E-state index >= 15 is 0 Å². The second-order valence-electron chi connectivity index (χ2n) is 7.73. The molecule has 26 heavy (non-hydrogen) atoms. The van der Waals surface area contributed by atoms with Gasteiger partial charge in [-0.1, -0.05) is 0 Å². The van der Waals surface area contributed by atoms with Gasteiger partial charge in [0, 0.05) is 37.4 Å². The summed E-state index contributed by atoms with van der Waals surface area (Å²) in [6.07, 6.45) is 0.637. The molecule has 1 N–H and O–H groups in total. The third kappa shape index (κ3) is 5.46. The lowest BCUT2D eigenvalue weighted by Gasteiger charge is -2.27. The average molecular weight is 361 g/mol. The molecule has 0 spiro atoms. The number of hydrogen-bond donors (Lipinski definition) is 1. The lowest BCUT2D eigenvalue weighted by Crippen LogP contribution is -2.39. The third-order valence-corrected chi connectivity index (χ3v) is 4.49. The normalized spacial score (nSPS) is 16.8. The fourth-order valence-electron chi connectivity index (χ4n) is 2.90. The van der Waals surface area contributed by atoms with Crippen molar-refractivity contribution in [3.05, 3.63) is 29.8 Å². The van der Waals surface area contributed by atoms with Gasteiger partial charge in [0.05, 0.1) is 6.04 Å². The molecule has 144 valence electrons. The zero-order valence-corrected chi connectivity index (χ0v) is 16.5. The lowest BCUT2D eigenvalue weighted by molar-refractivity contribution is 0.0263. The molecule has 1 aromatic rings. The highest BCUT2D eigenvalue weighted by Gasteiger charge is 2.24. The minimum atomic E-state index is -0.476. The van der Waals surface area contributed by atoms with Crippen LogP contribution in [0.3, 0.4) is 0 Å². The van der Waals surface area contributed by atoms with Crippen molar-refractivity contribution in [3.8, 4) is 0 Å². The number of nitrogens with one attached hydrogen (secondary N) is 1. The first-order valence-corrected chi connectivity index (χ1v) is 9.25. The molecule has 1 aliphatic heterocycles. The molecule has 0 saturated carbocycles. The summed E-state index contributed by atoms with van der Waals surface area (Å²) in [6.45, 7) is 10.5. The molecule has 1 saturated heterocycles. The van der Waals surface area contributed by atoms with Gasteiger partial charge in [-0.2, -0.15) is 0 Å². The maximum atomic E-state index is 12.3. The van der Waals surface area contributed by atoms with Gasteiger partial charge in [-0.15, -0.1) is 0 Å². The second-order valence-corrected chi connectivity index (χ2v) is 7.73. The summed E-state index contributed by atoms with van der Waals surface area (Å²) in [7, 11) is 1.78. The molecule has 1 heterocycles. The van der Waals surface area contributed by atoms with E-state index in [0.717, 1.165) is 25.2 Å². The predicted molar refractivity (Wildman–Crippen MR) is 104 cm³/mol. The molecule has 0 bridgehead atoms. The Morgan fingerprint density at radius 1 is 1.08 bits per heavy atom. The molecule has 1 fully saturated rings. The van der Waals surface area contributed by atoms with E-state index in [2.05, 4.69) is 10.2 Å². The van der Waals surface area contributed by atoms with Crippen molar-refractivity contribution in [1.29, 1.82) is 0 Å². The number of Topliss-reactive ketones (excluding diaryl/α,β-unsaturated/α-hetero) is 1. The standard InChI is InChI=1S/C20H31N3O3/c1-15(21-5)18(24)16-7-9-17(10-8-16)22-11-6-12-23(14-13-22)19(25)26-20(2,3)4/h7-10,15,21H,6,11-14H2,1-5H3. The van der Waals surface area contributed by atoms with Crippen LogP contribution in [0.2, 0.25) is 0 Å². The summed E-state index contributed by atoms with van der Waals surface area (Å²) in [6, 6.07) is 7.53. The van der Waals surface area contributed by atoms with Gasteiger partial charge < -0.3 is 19.9 Å².